The second-order valence-corrected chi connectivity index (χ2v) is 4.49. The third-order valence-corrected chi connectivity index (χ3v) is 2.91. The fourth-order valence-corrected chi connectivity index (χ4v) is 1.70. The van der Waals surface area contributed by atoms with E-state index in [9.17, 15) is 4.79 Å². The van der Waals surface area contributed by atoms with E-state index in [1.807, 2.05) is 7.05 Å². The lowest BCUT2D eigenvalue weighted by Crippen LogP contribution is -2.26. The normalized spacial score (nSPS) is 10.2. The van der Waals surface area contributed by atoms with Gasteiger partial charge >= 0.3 is 0 Å². The van der Waals surface area contributed by atoms with Crippen LogP contribution in [0.1, 0.15) is 23.1 Å². The predicted octanol–water partition coefficient (Wildman–Crippen LogP) is 2.89. The fourth-order valence-electron chi connectivity index (χ4n) is 1.54. The van der Waals surface area contributed by atoms with E-state index in [-0.39, 0.29) is 5.91 Å². The molecule has 1 amide bonds. The molecule has 1 aromatic carbocycles. The Morgan fingerprint density at radius 2 is 2.00 bits per heavy atom. The van der Waals surface area contributed by atoms with Gasteiger partial charge in [-0.1, -0.05) is 18.2 Å². The molecule has 0 aliphatic heterocycles. The van der Waals surface area contributed by atoms with Gasteiger partial charge in [0.25, 0.3) is 0 Å². The van der Waals surface area contributed by atoms with Crippen LogP contribution in [-0.4, -0.2) is 23.7 Å². The molecule has 0 spiro atoms. The number of alkyl halides is 1. The van der Waals surface area contributed by atoms with Crippen molar-refractivity contribution < 1.29 is 4.79 Å². The minimum atomic E-state index is 0.0910. The average Bonchev–Trinajstić information content (AvgIpc) is 2.24. The Hall–Kier alpha value is -1.02. The van der Waals surface area contributed by atoms with Gasteiger partial charge in [-0.2, -0.15) is 0 Å². The van der Waals surface area contributed by atoms with Crippen molar-refractivity contribution in [3.05, 3.63) is 34.9 Å². The highest BCUT2D eigenvalue weighted by Gasteiger charge is 2.08. The van der Waals surface area contributed by atoms with E-state index in [2.05, 4.69) is 32.0 Å². The van der Waals surface area contributed by atoms with E-state index in [0.29, 0.717) is 18.8 Å². The van der Waals surface area contributed by atoms with Gasteiger partial charge in [0.1, 0.15) is 0 Å². The molecule has 0 fully saturated rings. The summed E-state index contributed by atoms with van der Waals surface area (Å²) in [5.74, 6) is 0.476. The number of rotatable bonds is 4. The third-order valence-electron chi connectivity index (χ3n) is 2.73. The highest BCUT2D eigenvalue weighted by atomic mass is 35.5. The van der Waals surface area contributed by atoms with Crippen LogP contribution in [-0.2, 0) is 11.3 Å². The fraction of sp³-hybridized carbons (Fsp3) is 0.462. The van der Waals surface area contributed by atoms with E-state index in [4.69, 9.17) is 11.6 Å². The lowest BCUT2D eigenvalue weighted by atomic mass is 10.1. The van der Waals surface area contributed by atoms with Crippen molar-refractivity contribution in [1.29, 1.82) is 0 Å². The summed E-state index contributed by atoms with van der Waals surface area (Å²) in [6.45, 7) is 4.82. The summed E-state index contributed by atoms with van der Waals surface area (Å²) >= 11 is 5.54. The van der Waals surface area contributed by atoms with Gasteiger partial charge < -0.3 is 4.90 Å². The van der Waals surface area contributed by atoms with E-state index < -0.39 is 0 Å². The van der Waals surface area contributed by atoms with Crippen LogP contribution in [0.2, 0.25) is 0 Å². The van der Waals surface area contributed by atoms with Crippen molar-refractivity contribution in [2.45, 2.75) is 26.8 Å². The number of benzene rings is 1. The summed E-state index contributed by atoms with van der Waals surface area (Å²) in [6.07, 6.45) is 0.406. The molecular weight excluding hydrogens is 222 g/mol. The lowest BCUT2D eigenvalue weighted by Gasteiger charge is -2.17. The quantitative estimate of drug-likeness (QED) is 0.740. The van der Waals surface area contributed by atoms with Crippen molar-refractivity contribution in [2.24, 2.45) is 0 Å². The largest absolute Gasteiger partial charge is 0.341 e. The first-order valence-corrected chi connectivity index (χ1v) is 5.94. The molecule has 1 rings (SSSR count). The number of carbonyl (C=O) groups is 1. The van der Waals surface area contributed by atoms with Crippen LogP contribution in [0.3, 0.4) is 0 Å². The van der Waals surface area contributed by atoms with Crippen molar-refractivity contribution in [3.8, 4) is 0 Å². The Kier molecular flexibility index (Phi) is 4.81. The minimum absolute atomic E-state index is 0.0910. The number of nitrogens with zero attached hydrogens (tertiary/aromatic N) is 1. The summed E-state index contributed by atoms with van der Waals surface area (Å²) in [6, 6.07) is 6.27. The summed E-state index contributed by atoms with van der Waals surface area (Å²) in [5.41, 5.74) is 3.70. The number of aryl methyl sites for hydroxylation is 2. The maximum Gasteiger partial charge on any atom is 0.223 e. The molecule has 0 aliphatic rings. The predicted molar refractivity (Wildman–Crippen MR) is 67.7 cm³/mol. The van der Waals surface area contributed by atoms with Gasteiger partial charge in [0.2, 0.25) is 5.91 Å². The Morgan fingerprint density at radius 3 is 2.56 bits per heavy atom. The molecule has 16 heavy (non-hydrogen) atoms. The molecule has 0 bridgehead atoms. The van der Waals surface area contributed by atoms with Gasteiger partial charge in [0.05, 0.1) is 0 Å². The average molecular weight is 240 g/mol. The standard InChI is InChI=1S/C13H18ClNO/c1-10-4-5-12(8-11(10)2)9-15(3)13(16)6-7-14/h4-5,8H,6-7,9H2,1-3H3. The molecular formula is C13H18ClNO. The van der Waals surface area contributed by atoms with Gasteiger partial charge in [-0.05, 0) is 30.5 Å². The second kappa shape index (κ2) is 5.90. The van der Waals surface area contributed by atoms with E-state index in [0.717, 1.165) is 5.56 Å². The summed E-state index contributed by atoms with van der Waals surface area (Å²) in [4.78, 5) is 13.3. The first kappa shape index (κ1) is 13.0. The molecule has 0 atom stereocenters. The minimum Gasteiger partial charge on any atom is -0.341 e. The lowest BCUT2D eigenvalue weighted by molar-refractivity contribution is -0.129. The molecule has 0 unspecified atom stereocenters. The highest BCUT2D eigenvalue weighted by molar-refractivity contribution is 6.18. The molecule has 0 N–H and O–H groups in total. The van der Waals surface area contributed by atoms with E-state index in [1.54, 1.807) is 4.90 Å². The van der Waals surface area contributed by atoms with Gasteiger partial charge in [-0.15, -0.1) is 11.6 Å². The number of hydrogen-bond acceptors (Lipinski definition) is 1. The van der Waals surface area contributed by atoms with Crippen molar-refractivity contribution >= 4 is 17.5 Å². The van der Waals surface area contributed by atoms with Crippen molar-refractivity contribution in [1.82, 2.24) is 4.90 Å². The molecule has 3 heteroatoms. The molecule has 88 valence electrons. The van der Waals surface area contributed by atoms with Gasteiger partial charge in [-0.25, -0.2) is 0 Å². The van der Waals surface area contributed by atoms with Gasteiger partial charge in [-0.3, -0.25) is 4.79 Å². The summed E-state index contributed by atoms with van der Waals surface area (Å²) in [7, 11) is 1.81. The van der Waals surface area contributed by atoms with Crippen LogP contribution in [0.15, 0.2) is 18.2 Å². The molecule has 0 heterocycles. The van der Waals surface area contributed by atoms with E-state index >= 15 is 0 Å². The Labute approximate surface area is 102 Å². The maximum atomic E-state index is 11.5. The molecule has 1 aromatic rings. The number of halogens is 1. The first-order valence-electron chi connectivity index (χ1n) is 5.40. The van der Waals surface area contributed by atoms with Crippen LogP contribution in [0.5, 0.6) is 0 Å². The van der Waals surface area contributed by atoms with Gasteiger partial charge in [0.15, 0.2) is 0 Å². The molecule has 0 aliphatic carbocycles. The third kappa shape index (κ3) is 3.53. The number of hydrogen-bond donors (Lipinski definition) is 0. The SMILES string of the molecule is Cc1ccc(CN(C)C(=O)CCCl)cc1C. The van der Waals surface area contributed by atoms with E-state index in [1.165, 1.54) is 11.1 Å². The maximum absolute atomic E-state index is 11.5. The zero-order valence-corrected chi connectivity index (χ0v) is 10.8. The topological polar surface area (TPSA) is 20.3 Å². The molecule has 0 radical (unpaired) electrons. The van der Waals surface area contributed by atoms with Crippen LogP contribution in [0.25, 0.3) is 0 Å². The number of carbonyl (C=O) groups excluding carboxylic acids is 1. The number of amides is 1. The zero-order chi connectivity index (χ0) is 12.1. The van der Waals surface area contributed by atoms with Crippen LogP contribution >= 0.6 is 11.6 Å². The Balaban J connectivity index is 2.66. The Bertz CT molecular complexity index is 376. The van der Waals surface area contributed by atoms with Crippen molar-refractivity contribution in [3.63, 3.8) is 0 Å². The van der Waals surface area contributed by atoms with Crippen LogP contribution < -0.4 is 0 Å². The van der Waals surface area contributed by atoms with Crippen LogP contribution in [0, 0.1) is 13.8 Å². The molecule has 2 nitrogen and oxygen atoms in total. The Morgan fingerprint density at radius 1 is 1.31 bits per heavy atom. The van der Waals surface area contributed by atoms with Gasteiger partial charge in [0, 0.05) is 25.9 Å². The summed E-state index contributed by atoms with van der Waals surface area (Å²) < 4.78 is 0. The zero-order valence-electron chi connectivity index (χ0n) is 10.1. The summed E-state index contributed by atoms with van der Waals surface area (Å²) in [5, 5.41) is 0. The monoisotopic (exact) mass is 239 g/mol. The smallest absolute Gasteiger partial charge is 0.223 e. The van der Waals surface area contributed by atoms with Crippen LogP contribution in [0.4, 0.5) is 0 Å². The highest BCUT2D eigenvalue weighted by Crippen LogP contribution is 2.11. The first-order chi connectivity index (χ1) is 7.54. The molecule has 0 aromatic heterocycles. The molecule has 0 saturated heterocycles. The molecule has 0 saturated carbocycles. The van der Waals surface area contributed by atoms with Crippen molar-refractivity contribution in [2.75, 3.05) is 12.9 Å². The second-order valence-electron chi connectivity index (χ2n) is 4.11.